The number of pyridine rings is 1. The van der Waals surface area contributed by atoms with E-state index in [1.54, 1.807) is 16.8 Å². The summed E-state index contributed by atoms with van der Waals surface area (Å²) in [5.41, 5.74) is 2.16. The van der Waals surface area contributed by atoms with Crippen molar-refractivity contribution in [2.24, 2.45) is 0 Å². The number of benzene rings is 1. The topological polar surface area (TPSA) is 114 Å². The van der Waals surface area contributed by atoms with E-state index in [0.717, 1.165) is 11.3 Å². The number of hydrogen-bond acceptors (Lipinski definition) is 6. The van der Waals surface area contributed by atoms with Gasteiger partial charge >= 0.3 is 0 Å². The van der Waals surface area contributed by atoms with Gasteiger partial charge in [-0.2, -0.15) is 5.10 Å². The molecule has 1 amide bonds. The first-order chi connectivity index (χ1) is 17.4. The molecule has 0 fully saturated rings. The van der Waals surface area contributed by atoms with Gasteiger partial charge in [-0.25, -0.2) is 4.98 Å². The van der Waals surface area contributed by atoms with Crippen LogP contribution < -0.4 is 10.6 Å². The molecule has 1 aromatic carbocycles. The Morgan fingerprint density at radius 2 is 2.18 bits per heavy atom. The summed E-state index contributed by atoms with van der Waals surface area (Å²) in [5.74, 6) is -0.827. The molecule has 4 heterocycles. The molecule has 3 N–H and O–H groups in total. The second-order valence-electron chi connectivity index (χ2n) is 8.47. The number of rotatable bonds is 6. The lowest BCUT2D eigenvalue weighted by atomic mass is 9.96. The van der Waals surface area contributed by atoms with Crippen molar-refractivity contribution in [2.75, 3.05) is 24.3 Å². The fraction of sp³-hybridized carbons (Fsp3) is 0.250. The van der Waals surface area contributed by atoms with Gasteiger partial charge in [-0.1, -0.05) is 17.7 Å². The van der Waals surface area contributed by atoms with Crippen molar-refractivity contribution in [2.45, 2.75) is 25.9 Å². The Morgan fingerprint density at radius 1 is 1.32 bits per heavy atom. The molecule has 0 unspecified atom stereocenters. The third kappa shape index (κ3) is 3.72. The van der Waals surface area contributed by atoms with Crippen LogP contribution in [0.25, 0.3) is 11.0 Å². The molecule has 1 aliphatic heterocycles. The predicted octanol–water partition coefficient (Wildman–Crippen LogP) is 3.77. The Hall–Kier alpha value is -3.69. The minimum Gasteiger partial charge on any atom is -0.382 e. The van der Waals surface area contributed by atoms with E-state index in [1.807, 2.05) is 25.3 Å². The van der Waals surface area contributed by atoms with Crippen LogP contribution in [0.4, 0.5) is 11.4 Å². The molecular weight excluding hydrogens is 456 g/mol. The maximum absolute atomic E-state index is 13.6. The van der Waals surface area contributed by atoms with Gasteiger partial charge in [-0.05, 0) is 37.6 Å². The number of methoxy groups -OCH3 is 1. The van der Waals surface area contributed by atoms with Gasteiger partial charge in [0.25, 0.3) is 5.91 Å². The number of anilines is 2. The normalized spacial score (nSPS) is 19.0. The second kappa shape index (κ2) is 8.27. The summed E-state index contributed by atoms with van der Waals surface area (Å²) in [5, 5.41) is 10.9. The predicted molar refractivity (Wildman–Crippen MR) is 130 cm³/mol. The highest BCUT2D eigenvalue weighted by molar-refractivity contribution is 6.36. The molecule has 4 aromatic rings. The maximum atomic E-state index is 13.6. The van der Waals surface area contributed by atoms with E-state index in [1.165, 1.54) is 19.3 Å². The van der Waals surface area contributed by atoms with E-state index in [-0.39, 0.29) is 10.8 Å². The van der Waals surface area contributed by atoms with Crippen LogP contribution in [0.1, 0.15) is 38.2 Å². The fourth-order valence-corrected chi connectivity index (χ4v) is 4.35. The van der Waals surface area contributed by atoms with Gasteiger partial charge in [-0.3, -0.25) is 14.3 Å². The number of carbonyl (C=O) groups is 2. The highest BCUT2D eigenvalue weighted by Crippen LogP contribution is 2.39. The highest BCUT2D eigenvalue weighted by atomic mass is 35.5. The number of carbonyl (C=O) groups excluding carboxylic acids is 2. The van der Waals surface area contributed by atoms with Crippen LogP contribution >= 0.6 is 11.6 Å². The molecule has 34 heavy (non-hydrogen) atoms. The molecule has 1 aliphatic rings. The number of aryl methyl sites for hydroxylation is 1. The lowest BCUT2D eigenvalue weighted by molar-refractivity contribution is -0.121. The van der Waals surface area contributed by atoms with Gasteiger partial charge in [0.15, 0.2) is 5.78 Å². The summed E-state index contributed by atoms with van der Waals surface area (Å²) in [6.07, 6.45) is 4.86. The van der Waals surface area contributed by atoms with Crippen molar-refractivity contribution in [3.63, 3.8) is 0 Å². The number of fused-ring (bicyclic) bond motifs is 3. The smallest absolute Gasteiger partial charge is 0.252 e. The minimum atomic E-state index is -2.67. The minimum absolute atomic E-state index is 0.288. The van der Waals surface area contributed by atoms with Gasteiger partial charge in [0.2, 0.25) is 0 Å². The molecule has 9 nitrogen and oxygen atoms in total. The summed E-state index contributed by atoms with van der Waals surface area (Å²) >= 11 is 6.54. The highest BCUT2D eigenvalue weighted by Gasteiger charge is 2.39. The van der Waals surface area contributed by atoms with Gasteiger partial charge in [0.05, 0.1) is 56.5 Å². The number of ether oxygens (including phenoxy) is 1. The van der Waals surface area contributed by atoms with E-state index in [0.29, 0.717) is 40.1 Å². The summed E-state index contributed by atoms with van der Waals surface area (Å²) in [6, 6.07) is 7.12. The molecule has 0 saturated heterocycles. The number of ketones is 1. The molecule has 0 radical (unpaired) electrons. The summed E-state index contributed by atoms with van der Waals surface area (Å²) in [4.78, 5) is 33.7. The lowest BCUT2D eigenvalue weighted by Gasteiger charge is -2.35. The van der Waals surface area contributed by atoms with E-state index >= 15 is 0 Å². The number of halogens is 1. The number of aromatic amines is 1. The molecule has 0 spiro atoms. The van der Waals surface area contributed by atoms with E-state index in [4.69, 9.17) is 20.5 Å². The third-order valence-electron chi connectivity index (χ3n) is 5.85. The van der Waals surface area contributed by atoms with E-state index < -0.39 is 25.1 Å². The van der Waals surface area contributed by atoms with Crippen LogP contribution in [-0.2, 0) is 16.1 Å². The summed E-state index contributed by atoms with van der Waals surface area (Å²) in [7, 11) is -2.67. The maximum Gasteiger partial charge on any atom is 0.252 e. The Labute approximate surface area is 204 Å². The molecule has 3 aromatic heterocycles. The zero-order valence-electron chi connectivity index (χ0n) is 21.4. The van der Waals surface area contributed by atoms with Gasteiger partial charge in [0, 0.05) is 25.0 Å². The van der Waals surface area contributed by atoms with Crippen LogP contribution in [0, 0.1) is 6.92 Å². The molecule has 174 valence electrons. The first-order valence-corrected chi connectivity index (χ1v) is 10.9. The standard InChI is InChI=1S/C24H23ClN6O3/c1-13-6-7-31(30-13)11-14-4-5-15(17(25)8-14)21(32)16-9-26-22-19(16)20-18(10-27-22)28-23(33)24(2,29-20)12-34-3/h4-10,29H,11-12H2,1-3H3,(H,26,27)(H,28,33)/t24-/m0/s1/i3D3. The van der Waals surface area contributed by atoms with Crippen molar-refractivity contribution in [3.8, 4) is 0 Å². The van der Waals surface area contributed by atoms with Crippen LogP contribution in [0.3, 0.4) is 0 Å². The first-order valence-electron chi connectivity index (χ1n) is 12.0. The number of nitrogens with zero attached hydrogens (tertiary/aromatic N) is 3. The average molecular weight is 482 g/mol. The summed E-state index contributed by atoms with van der Waals surface area (Å²) < 4.78 is 28.7. The molecular formula is C24H23ClN6O3. The number of aromatic nitrogens is 4. The Bertz CT molecular complexity index is 1550. The Morgan fingerprint density at radius 3 is 2.91 bits per heavy atom. The van der Waals surface area contributed by atoms with Crippen molar-refractivity contribution in [1.29, 1.82) is 0 Å². The monoisotopic (exact) mass is 481 g/mol. The number of H-pyrrole nitrogens is 1. The quantitative estimate of drug-likeness (QED) is 0.361. The largest absolute Gasteiger partial charge is 0.382 e. The molecule has 0 aliphatic carbocycles. The SMILES string of the molecule is [2H]C([2H])([2H])OC[C@]1(C)Nc2c(cnc3[nH]cc(C(=O)c4ccc(Cn5ccc(C)n5)cc4Cl)c23)NC1=O. The number of nitrogens with one attached hydrogen (secondary N) is 3. The van der Waals surface area contributed by atoms with Crippen LogP contribution in [0.2, 0.25) is 5.02 Å². The van der Waals surface area contributed by atoms with Crippen LogP contribution in [-0.4, -0.2) is 50.6 Å². The zero-order valence-corrected chi connectivity index (χ0v) is 19.2. The number of hydrogen-bond donors (Lipinski definition) is 3. The van der Waals surface area contributed by atoms with Crippen molar-refractivity contribution < 1.29 is 18.4 Å². The van der Waals surface area contributed by atoms with E-state index in [9.17, 15) is 9.59 Å². The fourth-order valence-electron chi connectivity index (χ4n) is 4.06. The van der Waals surface area contributed by atoms with E-state index in [2.05, 4.69) is 25.7 Å². The molecule has 0 bridgehead atoms. The van der Waals surface area contributed by atoms with Crippen molar-refractivity contribution in [1.82, 2.24) is 19.7 Å². The first kappa shape index (κ1) is 18.7. The average Bonchev–Trinajstić information content (AvgIpc) is 3.44. The van der Waals surface area contributed by atoms with Gasteiger partial charge in [-0.15, -0.1) is 0 Å². The van der Waals surface area contributed by atoms with Gasteiger partial charge < -0.3 is 20.4 Å². The second-order valence-corrected chi connectivity index (χ2v) is 8.88. The molecule has 1 atom stereocenters. The van der Waals surface area contributed by atoms with Crippen LogP contribution in [0.5, 0.6) is 0 Å². The third-order valence-corrected chi connectivity index (χ3v) is 6.17. The van der Waals surface area contributed by atoms with Gasteiger partial charge in [0.1, 0.15) is 11.2 Å². The lowest BCUT2D eigenvalue weighted by Crippen LogP contribution is -2.53. The van der Waals surface area contributed by atoms with Crippen LogP contribution in [0.15, 0.2) is 42.9 Å². The molecule has 5 rings (SSSR count). The van der Waals surface area contributed by atoms with Crippen molar-refractivity contribution in [3.05, 3.63) is 70.3 Å². The Balaban J connectivity index is 1.49. The van der Waals surface area contributed by atoms with Crippen molar-refractivity contribution >= 4 is 45.7 Å². The zero-order chi connectivity index (χ0) is 26.5. The summed E-state index contributed by atoms with van der Waals surface area (Å²) in [6.45, 7) is 3.51. The molecule has 0 saturated carbocycles. The molecule has 10 heteroatoms. The Kier molecular flexibility index (Phi) is 4.55. The number of amides is 1.